The SMILES string of the molecule is C/C(=C\CC[C@@H](C)[C@H]1CC(O)[C@@]2(C)C3CC[C@H]4C(C)(C)[C@@H](OC5OCC(O)C(O)C5OC5OC(CO)C(O)C(O)C5O)CC[C@@]45C[C@@]35CC(O)[C@]12C)C(=O)O. The van der Waals surface area contributed by atoms with E-state index in [-0.39, 0.29) is 52.6 Å². The van der Waals surface area contributed by atoms with Crippen molar-refractivity contribution >= 4 is 5.97 Å². The fourth-order valence-electron chi connectivity index (χ4n) is 13.9. The van der Waals surface area contributed by atoms with E-state index in [0.717, 1.165) is 32.1 Å². The number of fused-ring (bicyclic) bond motifs is 2. The maximum absolute atomic E-state index is 12.4. The molecule has 55 heavy (non-hydrogen) atoms. The van der Waals surface area contributed by atoms with Gasteiger partial charge in [-0.05, 0) is 105 Å². The number of carboxylic acids is 1. The third-order valence-electron chi connectivity index (χ3n) is 17.2. The Balaban J connectivity index is 1.08. The van der Waals surface area contributed by atoms with E-state index >= 15 is 0 Å². The molecule has 2 spiro atoms. The van der Waals surface area contributed by atoms with Crippen molar-refractivity contribution in [1.82, 2.24) is 0 Å². The predicted octanol–water partition coefficient (Wildman–Crippen LogP) is 1.46. The van der Waals surface area contributed by atoms with E-state index in [9.17, 15) is 50.8 Å². The minimum Gasteiger partial charge on any atom is -0.478 e. The smallest absolute Gasteiger partial charge is 0.330 e. The minimum absolute atomic E-state index is 0.0392. The molecule has 0 aromatic rings. The average molecular weight is 783 g/mol. The first-order valence-corrected chi connectivity index (χ1v) is 20.6. The molecule has 14 heteroatoms. The second-order valence-electron chi connectivity index (χ2n) is 19.6. The van der Waals surface area contributed by atoms with Gasteiger partial charge in [-0.25, -0.2) is 4.79 Å². The summed E-state index contributed by atoms with van der Waals surface area (Å²) in [6.45, 7) is 11.8. The summed E-state index contributed by atoms with van der Waals surface area (Å²) >= 11 is 0. The Hall–Kier alpha value is -1.27. The molecule has 14 nitrogen and oxygen atoms in total. The van der Waals surface area contributed by atoms with Crippen molar-refractivity contribution in [3.8, 4) is 0 Å². The molecule has 5 aliphatic carbocycles. The molecule has 7 aliphatic rings. The largest absolute Gasteiger partial charge is 0.478 e. The second-order valence-corrected chi connectivity index (χ2v) is 19.6. The summed E-state index contributed by atoms with van der Waals surface area (Å²) in [7, 11) is 0. The minimum atomic E-state index is -1.71. The van der Waals surface area contributed by atoms with Crippen molar-refractivity contribution in [3.63, 3.8) is 0 Å². The van der Waals surface area contributed by atoms with E-state index in [4.69, 9.17) is 18.9 Å². The summed E-state index contributed by atoms with van der Waals surface area (Å²) < 4.78 is 24.2. The monoisotopic (exact) mass is 782 g/mol. The Kier molecular flexibility index (Phi) is 11.0. The Bertz CT molecular complexity index is 1470. The molecule has 0 amide bonds. The Labute approximate surface area is 323 Å². The standard InChI is InChI=1S/C41H66O14/c1-19(8-7-9-20(2)34(50)51)21-14-26(44)39(6)25-11-10-24-37(3,4)28(12-13-40(24)18-41(25,40)15-27(45)38(21,39)5)54-36-33(29(46)22(43)17-52-36)55-35-32(49)31(48)30(47)23(16-42)53-35/h9,19,21-33,35-36,42-49H,7-8,10-18H2,1-6H3,(H,50,51)/b20-9+/t19-,21-,22?,23?,24+,25?,26?,27?,28+,29?,30?,31?,32?,33?,35?,36?,38+,39-,40-,41+/m1/s1. The van der Waals surface area contributed by atoms with Crippen molar-refractivity contribution in [2.45, 2.75) is 173 Å². The summed E-state index contributed by atoms with van der Waals surface area (Å²) in [5.74, 6) is -0.172. The number of aliphatic hydroxyl groups is 8. The molecule has 7 rings (SSSR count). The van der Waals surface area contributed by atoms with Crippen LogP contribution in [0, 0.1) is 50.7 Å². The van der Waals surface area contributed by atoms with Crippen LogP contribution in [-0.2, 0) is 23.7 Å². The van der Waals surface area contributed by atoms with Crippen LogP contribution in [-0.4, -0.2) is 139 Å². The molecule has 7 fully saturated rings. The van der Waals surface area contributed by atoms with Gasteiger partial charge in [0.15, 0.2) is 12.6 Å². The highest BCUT2D eigenvalue weighted by Gasteiger charge is 2.85. The number of carbonyl (C=O) groups is 1. The molecule has 0 radical (unpaired) electrons. The van der Waals surface area contributed by atoms with Gasteiger partial charge in [0, 0.05) is 16.4 Å². The number of hydrogen-bond donors (Lipinski definition) is 9. The quantitative estimate of drug-likeness (QED) is 0.113. The molecular weight excluding hydrogens is 716 g/mol. The van der Waals surface area contributed by atoms with Gasteiger partial charge < -0.3 is 64.9 Å². The number of allylic oxidation sites excluding steroid dienone is 1. The van der Waals surface area contributed by atoms with Crippen LogP contribution in [0.4, 0.5) is 0 Å². The van der Waals surface area contributed by atoms with Gasteiger partial charge in [0.05, 0.1) is 31.5 Å². The Morgan fingerprint density at radius 2 is 1.55 bits per heavy atom. The van der Waals surface area contributed by atoms with E-state index < -0.39 is 90.9 Å². The van der Waals surface area contributed by atoms with Crippen LogP contribution in [0.15, 0.2) is 11.6 Å². The predicted molar refractivity (Wildman–Crippen MR) is 195 cm³/mol. The van der Waals surface area contributed by atoms with Gasteiger partial charge in [-0.3, -0.25) is 0 Å². The number of aliphatic carboxylic acids is 1. The number of rotatable bonds is 10. The van der Waals surface area contributed by atoms with Crippen LogP contribution in [0.3, 0.4) is 0 Å². The van der Waals surface area contributed by atoms with E-state index in [2.05, 4.69) is 34.6 Å². The second kappa shape index (κ2) is 14.5. The highest BCUT2D eigenvalue weighted by atomic mass is 16.8. The summed E-state index contributed by atoms with van der Waals surface area (Å²) in [6, 6.07) is 0. The lowest BCUT2D eigenvalue weighted by atomic mass is 9.40. The molecule has 2 aliphatic heterocycles. The van der Waals surface area contributed by atoms with Gasteiger partial charge in [-0.1, -0.05) is 40.7 Å². The lowest BCUT2D eigenvalue weighted by Crippen LogP contribution is -2.65. The van der Waals surface area contributed by atoms with Crippen molar-refractivity contribution in [3.05, 3.63) is 11.6 Å². The van der Waals surface area contributed by atoms with Gasteiger partial charge in [-0.2, -0.15) is 0 Å². The van der Waals surface area contributed by atoms with E-state index in [1.807, 2.05) is 0 Å². The normalized spacial score (nSPS) is 53.7. The average Bonchev–Trinajstić information content (AvgIpc) is 3.73. The molecule has 0 aromatic heterocycles. The number of aliphatic hydroxyl groups excluding tert-OH is 8. The van der Waals surface area contributed by atoms with Gasteiger partial charge in [-0.15, -0.1) is 0 Å². The first kappa shape index (κ1) is 41.9. The number of ether oxygens (including phenoxy) is 4. The molecule has 0 aromatic carbocycles. The fraction of sp³-hybridized carbons (Fsp3) is 0.927. The highest BCUT2D eigenvalue weighted by molar-refractivity contribution is 5.85. The zero-order chi connectivity index (χ0) is 40.2. The van der Waals surface area contributed by atoms with Crippen molar-refractivity contribution in [1.29, 1.82) is 0 Å². The van der Waals surface area contributed by atoms with Gasteiger partial charge in [0.2, 0.25) is 0 Å². The van der Waals surface area contributed by atoms with E-state index in [1.165, 1.54) is 0 Å². The van der Waals surface area contributed by atoms with Crippen LogP contribution in [0.1, 0.15) is 99.3 Å². The van der Waals surface area contributed by atoms with E-state index in [1.54, 1.807) is 13.0 Å². The number of carboxylic acid groups (broad SMARTS) is 1. The Morgan fingerprint density at radius 1 is 0.855 bits per heavy atom. The highest BCUT2D eigenvalue weighted by Crippen LogP contribution is 2.89. The zero-order valence-electron chi connectivity index (χ0n) is 33.2. The van der Waals surface area contributed by atoms with Crippen LogP contribution >= 0.6 is 0 Å². The maximum atomic E-state index is 12.4. The fourth-order valence-corrected chi connectivity index (χ4v) is 13.9. The molecule has 5 saturated carbocycles. The number of hydrogen-bond acceptors (Lipinski definition) is 13. The summed E-state index contributed by atoms with van der Waals surface area (Å²) in [6.07, 6.45) is -5.78. The van der Waals surface area contributed by atoms with Crippen molar-refractivity contribution in [2.75, 3.05) is 13.2 Å². The molecule has 314 valence electrons. The van der Waals surface area contributed by atoms with Crippen LogP contribution < -0.4 is 0 Å². The van der Waals surface area contributed by atoms with Gasteiger partial charge in [0.1, 0.15) is 42.7 Å². The zero-order valence-corrected chi connectivity index (χ0v) is 33.2. The topological polar surface area (TPSA) is 236 Å². The lowest BCUT2D eigenvalue weighted by Gasteiger charge is -2.65. The first-order chi connectivity index (χ1) is 25.7. The van der Waals surface area contributed by atoms with Gasteiger partial charge >= 0.3 is 5.97 Å². The molecule has 12 unspecified atom stereocenters. The van der Waals surface area contributed by atoms with Crippen molar-refractivity contribution < 1.29 is 69.7 Å². The summed E-state index contributed by atoms with van der Waals surface area (Å²) in [5, 5.41) is 96.3. The lowest BCUT2D eigenvalue weighted by molar-refractivity contribution is -0.366. The third kappa shape index (κ3) is 6.05. The van der Waals surface area contributed by atoms with Crippen LogP contribution in [0.5, 0.6) is 0 Å². The molecular formula is C41H66O14. The summed E-state index contributed by atoms with van der Waals surface area (Å²) in [5.41, 5.74) is -1.21. The molecule has 2 heterocycles. The Morgan fingerprint density at radius 3 is 2.22 bits per heavy atom. The summed E-state index contributed by atoms with van der Waals surface area (Å²) in [4.78, 5) is 11.4. The van der Waals surface area contributed by atoms with Crippen molar-refractivity contribution in [2.24, 2.45) is 50.7 Å². The molecule has 20 atom stereocenters. The van der Waals surface area contributed by atoms with Gasteiger partial charge in [0.25, 0.3) is 0 Å². The third-order valence-corrected chi connectivity index (χ3v) is 17.2. The van der Waals surface area contributed by atoms with Crippen LogP contribution in [0.2, 0.25) is 0 Å². The molecule has 9 N–H and O–H groups in total. The molecule has 0 bridgehead atoms. The molecule has 2 saturated heterocycles. The maximum Gasteiger partial charge on any atom is 0.330 e. The van der Waals surface area contributed by atoms with Crippen LogP contribution in [0.25, 0.3) is 0 Å². The first-order valence-electron chi connectivity index (χ1n) is 20.6. The van der Waals surface area contributed by atoms with E-state index in [0.29, 0.717) is 31.3 Å².